The van der Waals surface area contributed by atoms with Crippen LogP contribution in [0.25, 0.3) is 10.2 Å². The van der Waals surface area contributed by atoms with E-state index < -0.39 is 5.91 Å². The summed E-state index contributed by atoms with van der Waals surface area (Å²) < 4.78 is 10.2. The molecule has 0 saturated heterocycles. The van der Waals surface area contributed by atoms with Crippen molar-refractivity contribution in [2.75, 3.05) is 6.61 Å². The van der Waals surface area contributed by atoms with Crippen LogP contribution in [-0.4, -0.2) is 32.8 Å². The van der Waals surface area contributed by atoms with Gasteiger partial charge in [0.1, 0.15) is 6.54 Å². The van der Waals surface area contributed by atoms with Gasteiger partial charge in [0.2, 0.25) is 0 Å². The van der Waals surface area contributed by atoms with Gasteiger partial charge in [0, 0.05) is 17.2 Å². The number of benzene rings is 1. The largest absolute Gasteiger partial charge is 0.465 e. The SMILES string of the molecule is CCOC(=O)Cn1c(=NC(=O)c2ccn(CC)n2)sc2cc(Br)ccc21. The van der Waals surface area contributed by atoms with Crippen LogP contribution >= 0.6 is 27.3 Å². The van der Waals surface area contributed by atoms with Gasteiger partial charge in [-0.25, -0.2) is 0 Å². The molecular formula is C17H17BrN4O3S. The first-order chi connectivity index (χ1) is 12.5. The van der Waals surface area contributed by atoms with Crippen molar-refractivity contribution in [3.05, 3.63) is 45.4 Å². The molecule has 0 saturated carbocycles. The Morgan fingerprint density at radius 2 is 2.12 bits per heavy atom. The predicted octanol–water partition coefficient (Wildman–Crippen LogP) is 2.99. The highest BCUT2D eigenvalue weighted by atomic mass is 79.9. The molecule has 1 amide bonds. The average molecular weight is 437 g/mol. The molecule has 0 radical (unpaired) electrons. The average Bonchev–Trinajstić information content (AvgIpc) is 3.20. The number of thiazole rings is 1. The molecule has 136 valence electrons. The first-order valence-corrected chi connectivity index (χ1v) is 9.69. The van der Waals surface area contributed by atoms with Crippen LogP contribution in [0, 0.1) is 0 Å². The van der Waals surface area contributed by atoms with E-state index in [0.717, 1.165) is 14.7 Å². The van der Waals surface area contributed by atoms with E-state index in [9.17, 15) is 9.59 Å². The van der Waals surface area contributed by atoms with Crippen LogP contribution in [0.15, 0.2) is 39.9 Å². The molecule has 2 heterocycles. The first kappa shape index (κ1) is 18.5. The van der Waals surface area contributed by atoms with Crippen LogP contribution in [-0.2, 0) is 22.6 Å². The summed E-state index contributed by atoms with van der Waals surface area (Å²) in [5.74, 6) is -0.820. The quantitative estimate of drug-likeness (QED) is 0.575. The number of hydrogen-bond acceptors (Lipinski definition) is 5. The fourth-order valence-corrected chi connectivity index (χ4v) is 4.00. The molecular weight excluding hydrogens is 420 g/mol. The standard InChI is InChI=1S/C17H17BrN4O3S/c1-3-21-8-7-12(20-21)16(24)19-17-22(10-15(23)25-4-2)13-6-5-11(18)9-14(13)26-17/h5-9H,3-4,10H2,1-2H3. The van der Waals surface area contributed by atoms with Crippen LogP contribution in [0.4, 0.5) is 0 Å². The number of amides is 1. The highest BCUT2D eigenvalue weighted by Gasteiger charge is 2.14. The summed E-state index contributed by atoms with van der Waals surface area (Å²) in [7, 11) is 0. The second-order valence-electron chi connectivity index (χ2n) is 5.36. The van der Waals surface area contributed by atoms with Gasteiger partial charge in [-0.1, -0.05) is 27.3 Å². The molecule has 26 heavy (non-hydrogen) atoms. The van der Waals surface area contributed by atoms with Crippen LogP contribution in [0.2, 0.25) is 0 Å². The van der Waals surface area contributed by atoms with Crippen LogP contribution < -0.4 is 4.80 Å². The third-order valence-electron chi connectivity index (χ3n) is 3.62. The lowest BCUT2D eigenvalue weighted by Gasteiger charge is -2.05. The summed E-state index contributed by atoms with van der Waals surface area (Å²) in [4.78, 5) is 29.1. The topological polar surface area (TPSA) is 78.5 Å². The number of fused-ring (bicyclic) bond motifs is 1. The zero-order valence-corrected chi connectivity index (χ0v) is 16.7. The minimum Gasteiger partial charge on any atom is -0.465 e. The van der Waals surface area contributed by atoms with Gasteiger partial charge < -0.3 is 9.30 Å². The van der Waals surface area contributed by atoms with Crippen molar-refractivity contribution in [3.8, 4) is 0 Å². The number of ether oxygens (including phenoxy) is 1. The molecule has 0 unspecified atom stereocenters. The summed E-state index contributed by atoms with van der Waals surface area (Å²) in [5, 5.41) is 4.18. The molecule has 0 fully saturated rings. The molecule has 0 aliphatic rings. The highest BCUT2D eigenvalue weighted by Crippen LogP contribution is 2.22. The van der Waals surface area contributed by atoms with Crippen molar-refractivity contribution in [1.29, 1.82) is 0 Å². The summed E-state index contributed by atoms with van der Waals surface area (Å²) in [6, 6.07) is 7.32. The molecule has 9 heteroatoms. The number of aromatic nitrogens is 3. The van der Waals surface area contributed by atoms with Gasteiger partial charge in [0.25, 0.3) is 5.91 Å². The van der Waals surface area contributed by atoms with Crippen molar-refractivity contribution >= 4 is 49.4 Å². The Morgan fingerprint density at radius 3 is 2.81 bits per heavy atom. The molecule has 0 N–H and O–H groups in total. The smallest absolute Gasteiger partial charge is 0.326 e. The fourth-order valence-electron chi connectivity index (χ4n) is 2.42. The van der Waals surface area contributed by atoms with E-state index in [2.05, 4.69) is 26.0 Å². The Morgan fingerprint density at radius 1 is 1.31 bits per heavy atom. The van der Waals surface area contributed by atoms with Gasteiger partial charge in [-0.15, -0.1) is 0 Å². The van der Waals surface area contributed by atoms with E-state index in [-0.39, 0.29) is 18.2 Å². The Hall–Kier alpha value is -2.26. The second-order valence-corrected chi connectivity index (χ2v) is 7.29. The molecule has 0 spiro atoms. The van der Waals surface area contributed by atoms with Crippen molar-refractivity contribution in [1.82, 2.24) is 14.3 Å². The lowest BCUT2D eigenvalue weighted by atomic mass is 10.3. The third-order valence-corrected chi connectivity index (χ3v) is 5.15. The van der Waals surface area contributed by atoms with Gasteiger partial charge in [-0.2, -0.15) is 10.1 Å². The number of carbonyl (C=O) groups excluding carboxylic acids is 2. The normalized spacial score (nSPS) is 11.9. The van der Waals surface area contributed by atoms with Crippen LogP contribution in [0.5, 0.6) is 0 Å². The number of esters is 1. The lowest BCUT2D eigenvalue weighted by Crippen LogP contribution is -2.23. The summed E-state index contributed by atoms with van der Waals surface area (Å²) in [6.07, 6.45) is 1.73. The number of aryl methyl sites for hydroxylation is 1. The molecule has 0 atom stereocenters. The molecule has 3 rings (SSSR count). The zero-order valence-electron chi connectivity index (χ0n) is 14.3. The van der Waals surface area contributed by atoms with Crippen LogP contribution in [0.1, 0.15) is 24.3 Å². The number of hydrogen-bond donors (Lipinski definition) is 0. The fraction of sp³-hybridized carbons (Fsp3) is 0.294. The van der Waals surface area contributed by atoms with Gasteiger partial charge in [-0.05, 0) is 38.1 Å². The van der Waals surface area contributed by atoms with E-state index in [1.54, 1.807) is 28.4 Å². The number of carbonyl (C=O) groups is 2. The Labute approximate surface area is 162 Å². The molecule has 2 aromatic heterocycles. The Bertz CT molecular complexity index is 1030. The molecule has 0 aliphatic heterocycles. The number of nitrogens with zero attached hydrogens (tertiary/aromatic N) is 4. The van der Waals surface area contributed by atoms with Gasteiger partial charge in [-0.3, -0.25) is 14.3 Å². The maximum atomic E-state index is 12.5. The molecule has 0 bridgehead atoms. The molecule has 1 aromatic carbocycles. The third kappa shape index (κ3) is 3.94. The minimum absolute atomic E-state index is 0.00894. The first-order valence-electron chi connectivity index (χ1n) is 8.08. The Kier molecular flexibility index (Phi) is 5.67. The van der Waals surface area contributed by atoms with Crippen LogP contribution in [0.3, 0.4) is 0 Å². The highest BCUT2D eigenvalue weighted by molar-refractivity contribution is 9.10. The van der Waals surface area contributed by atoms with Crippen molar-refractivity contribution in [2.45, 2.75) is 26.9 Å². The van der Waals surface area contributed by atoms with Crippen molar-refractivity contribution in [2.24, 2.45) is 4.99 Å². The lowest BCUT2D eigenvalue weighted by molar-refractivity contribution is -0.143. The van der Waals surface area contributed by atoms with E-state index in [0.29, 0.717) is 18.0 Å². The minimum atomic E-state index is -0.444. The predicted molar refractivity (Wildman–Crippen MR) is 102 cm³/mol. The zero-order chi connectivity index (χ0) is 18.7. The van der Waals surface area contributed by atoms with Gasteiger partial charge >= 0.3 is 5.97 Å². The van der Waals surface area contributed by atoms with Crippen molar-refractivity contribution in [3.63, 3.8) is 0 Å². The molecule has 3 aromatic rings. The maximum Gasteiger partial charge on any atom is 0.326 e. The van der Waals surface area contributed by atoms with Gasteiger partial charge in [0.05, 0.1) is 16.8 Å². The monoisotopic (exact) mass is 436 g/mol. The van der Waals surface area contributed by atoms with E-state index in [1.165, 1.54) is 11.3 Å². The van der Waals surface area contributed by atoms with E-state index >= 15 is 0 Å². The van der Waals surface area contributed by atoms with E-state index in [4.69, 9.17) is 4.74 Å². The molecule has 0 aliphatic carbocycles. The van der Waals surface area contributed by atoms with Gasteiger partial charge in [0.15, 0.2) is 10.5 Å². The number of rotatable bonds is 5. The second kappa shape index (κ2) is 7.96. The summed E-state index contributed by atoms with van der Waals surface area (Å²) in [5.41, 5.74) is 1.09. The maximum absolute atomic E-state index is 12.5. The summed E-state index contributed by atoms with van der Waals surface area (Å²) in [6.45, 7) is 4.66. The Balaban J connectivity index is 2.07. The number of halogens is 1. The molecule has 7 nitrogen and oxygen atoms in total. The summed E-state index contributed by atoms with van der Waals surface area (Å²) >= 11 is 4.77. The van der Waals surface area contributed by atoms with E-state index in [1.807, 2.05) is 25.1 Å². The van der Waals surface area contributed by atoms with Crippen molar-refractivity contribution < 1.29 is 14.3 Å².